The van der Waals surface area contributed by atoms with Crippen LogP contribution in [0, 0.1) is 6.92 Å². The van der Waals surface area contributed by atoms with Gasteiger partial charge in [0.25, 0.3) is 11.8 Å². The summed E-state index contributed by atoms with van der Waals surface area (Å²) in [7, 11) is 2.39. The van der Waals surface area contributed by atoms with Crippen LogP contribution in [0.15, 0.2) is 48.7 Å². The summed E-state index contributed by atoms with van der Waals surface area (Å²) < 4.78 is 49.5. The number of halogens is 4. The van der Waals surface area contributed by atoms with E-state index in [1.165, 1.54) is 37.5 Å². The maximum atomic E-state index is 13.7. The van der Waals surface area contributed by atoms with Crippen LogP contribution in [0.5, 0.6) is 5.88 Å². The zero-order chi connectivity index (χ0) is 32.2. The smallest absolute Gasteiger partial charge is 0.435 e. The quantitative estimate of drug-likeness (QED) is 0.200. The summed E-state index contributed by atoms with van der Waals surface area (Å²) in [5.74, 6) is -1.69. The molecule has 230 valence electrons. The fourth-order valence-electron chi connectivity index (χ4n) is 3.79. The Morgan fingerprint density at radius 3 is 2.50 bits per heavy atom. The van der Waals surface area contributed by atoms with E-state index in [0.29, 0.717) is 11.6 Å². The molecule has 0 aliphatic rings. The van der Waals surface area contributed by atoms with Gasteiger partial charge in [0.05, 0.1) is 23.4 Å². The Hall–Kier alpha value is -5.45. The predicted octanol–water partition coefficient (Wildman–Crippen LogP) is 3.79. The van der Waals surface area contributed by atoms with Gasteiger partial charge in [0.1, 0.15) is 18.0 Å². The number of alkyl halides is 3. The first kappa shape index (κ1) is 31.5. The standard InChI is InChI=1S/C26H23ClF3N9O5/c1-13-9-14(31)10-16(23(40)37-38(2)25(42)43-3)21(13)33-24(41)18-11-15(36-39(18)22-17(27)5-4-8-32-22)12-44-20-7-6-19(34-35-20)26(28,29)30/h4-11H,12,31H2,1-3H3,(H,33,41)(H,37,40). The van der Waals surface area contributed by atoms with Crippen molar-refractivity contribution in [2.24, 2.45) is 0 Å². The summed E-state index contributed by atoms with van der Waals surface area (Å²) in [6, 6.07) is 8.94. The minimum Gasteiger partial charge on any atom is -0.470 e. The Bertz CT molecular complexity index is 1710. The van der Waals surface area contributed by atoms with Crippen LogP contribution >= 0.6 is 11.6 Å². The molecule has 0 aliphatic carbocycles. The molecule has 0 fully saturated rings. The summed E-state index contributed by atoms with van der Waals surface area (Å²) in [5.41, 5.74) is 7.74. The van der Waals surface area contributed by atoms with Gasteiger partial charge in [0.15, 0.2) is 11.5 Å². The number of nitrogens with two attached hydrogens (primary N) is 1. The van der Waals surface area contributed by atoms with E-state index in [1.807, 2.05) is 0 Å². The van der Waals surface area contributed by atoms with Crippen molar-refractivity contribution in [3.8, 4) is 11.7 Å². The van der Waals surface area contributed by atoms with E-state index < -0.39 is 29.8 Å². The number of anilines is 2. The molecule has 4 rings (SSSR count). The third kappa shape index (κ3) is 7.12. The van der Waals surface area contributed by atoms with Crippen LogP contribution in [0.2, 0.25) is 5.02 Å². The number of nitrogen functional groups attached to an aromatic ring is 1. The third-order valence-corrected chi connectivity index (χ3v) is 6.08. The number of hydrogen-bond acceptors (Lipinski definition) is 10. The minimum atomic E-state index is -4.67. The molecular formula is C26H23ClF3N9O5. The highest BCUT2D eigenvalue weighted by Crippen LogP contribution is 2.28. The Morgan fingerprint density at radius 2 is 1.86 bits per heavy atom. The molecular weight excluding hydrogens is 611 g/mol. The summed E-state index contributed by atoms with van der Waals surface area (Å²) in [6.07, 6.45) is -4.10. The van der Waals surface area contributed by atoms with Crippen LogP contribution in [-0.2, 0) is 17.5 Å². The van der Waals surface area contributed by atoms with Gasteiger partial charge in [-0.15, -0.1) is 10.2 Å². The normalized spacial score (nSPS) is 11.1. The first-order valence-electron chi connectivity index (χ1n) is 12.4. The second-order valence-electron chi connectivity index (χ2n) is 8.97. The lowest BCUT2D eigenvalue weighted by Crippen LogP contribution is -2.43. The molecule has 44 heavy (non-hydrogen) atoms. The average molecular weight is 634 g/mol. The molecule has 4 N–H and O–H groups in total. The molecule has 0 unspecified atom stereocenters. The van der Waals surface area contributed by atoms with Crippen molar-refractivity contribution >= 4 is 40.9 Å². The number of rotatable bonds is 7. The number of benzene rings is 1. The molecule has 0 spiro atoms. The van der Waals surface area contributed by atoms with Crippen LogP contribution in [-0.4, -0.2) is 62.0 Å². The van der Waals surface area contributed by atoms with E-state index in [-0.39, 0.29) is 51.7 Å². The molecule has 3 aromatic heterocycles. The van der Waals surface area contributed by atoms with Gasteiger partial charge in [0.2, 0.25) is 5.88 Å². The lowest BCUT2D eigenvalue weighted by Gasteiger charge is -2.19. The monoisotopic (exact) mass is 633 g/mol. The van der Waals surface area contributed by atoms with Crippen molar-refractivity contribution in [3.63, 3.8) is 0 Å². The highest BCUT2D eigenvalue weighted by atomic mass is 35.5. The summed E-state index contributed by atoms with van der Waals surface area (Å²) in [4.78, 5) is 42.7. The zero-order valence-electron chi connectivity index (χ0n) is 23.1. The number of hydrazine groups is 1. The van der Waals surface area contributed by atoms with Gasteiger partial charge in [-0.25, -0.2) is 19.5 Å². The molecule has 4 aromatic rings. The fraction of sp³-hybridized carbons (Fsp3) is 0.192. The molecule has 3 heterocycles. The van der Waals surface area contributed by atoms with E-state index >= 15 is 0 Å². The van der Waals surface area contributed by atoms with Crippen molar-refractivity contribution in [2.45, 2.75) is 19.7 Å². The van der Waals surface area contributed by atoms with Crippen LogP contribution < -0.4 is 21.2 Å². The third-order valence-electron chi connectivity index (χ3n) is 5.79. The maximum Gasteiger partial charge on any atom is 0.435 e. The SMILES string of the molecule is COC(=O)N(C)NC(=O)c1cc(N)cc(C)c1NC(=O)c1cc(COc2ccc(C(F)(F)F)nn2)nn1-c1ncccc1Cl. The van der Waals surface area contributed by atoms with Crippen LogP contribution in [0.3, 0.4) is 0 Å². The molecule has 18 heteroatoms. The number of methoxy groups -OCH3 is 1. The second kappa shape index (κ2) is 12.8. The van der Waals surface area contributed by atoms with Crippen LogP contribution in [0.4, 0.5) is 29.3 Å². The second-order valence-corrected chi connectivity index (χ2v) is 9.38. The number of aromatic nitrogens is 5. The van der Waals surface area contributed by atoms with Gasteiger partial charge in [-0.3, -0.25) is 15.0 Å². The van der Waals surface area contributed by atoms with Gasteiger partial charge in [-0.2, -0.15) is 18.3 Å². The van der Waals surface area contributed by atoms with Crippen molar-refractivity contribution in [1.82, 2.24) is 35.4 Å². The number of carbonyl (C=O) groups excluding carboxylic acids is 3. The van der Waals surface area contributed by atoms with Crippen molar-refractivity contribution in [3.05, 3.63) is 81.9 Å². The van der Waals surface area contributed by atoms with Gasteiger partial charge < -0.3 is 20.5 Å². The molecule has 0 atom stereocenters. The fourth-order valence-corrected chi connectivity index (χ4v) is 3.99. The van der Waals surface area contributed by atoms with E-state index in [1.54, 1.807) is 13.0 Å². The Kier molecular flexibility index (Phi) is 9.17. The first-order valence-corrected chi connectivity index (χ1v) is 12.7. The summed E-state index contributed by atoms with van der Waals surface area (Å²) >= 11 is 6.32. The van der Waals surface area contributed by atoms with E-state index in [4.69, 9.17) is 22.1 Å². The van der Waals surface area contributed by atoms with E-state index in [2.05, 4.69) is 35.8 Å². The van der Waals surface area contributed by atoms with Gasteiger partial charge in [-0.1, -0.05) is 11.6 Å². The zero-order valence-corrected chi connectivity index (χ0v) is 23.9. The lowest BCUT2D eigenvalue weighted by molar-refractivity contribution is -0.141. The molecule has 0 aliphatic heterocycles. The predicted molar refractivity (Wildman–Crippen MR) is 149 cm³/mol. The highest BCUT2D eigenvalue weighted by molar-refractivity contribution is 6.32. The minimum absolute atomic E-state index is 0.0673. The molecule has 0 saturated heterocycles. The number of ether oxygens (including phenoxy) is 2. The van der Waals surface area contributed by atoms with Crippen molar-refractivity contribution in [2.75, 3.05) is 25.2 Å². The highest BCUT2D eigenvalue weighted by Gasteiger charge is 2.33. The van der Waals surface area contributed by atoms with Crippen molar-refractivity contribution in [1.29, 1.82) is 0 Å². The number of hydrogen-bond donors (Lipinski definition) is 3. The number of pyridine rings is 1. The van der Waals surface area contributed by atoms with Crippen molar-refractivity contribution < 1.29 is 37.0 Å². The number of carbonyl (C=O) groups is 3. The average Bonchev–Trinajstić information content (AvgIpc) is 3.41. The molecule has 3 amide bonds. The van der Waals surface area contributed by atoms with E-state index in [0.717, 1.165) is 22.9 Å². The Balaban J connectivity index is 1.66. The van der Waals surface area contributed by atoms with Crippen LogP contribution in [0.1, 0.15) is 37.8 Å². The Labute approximate surface area is 251 Å². The van der Waals surface area contributed by atoms with Gasteiger partial charge in [0, 0.05) is 25.0 Å². The molecule has 0 saturated carbocycles. The van der Waals surface area contributed by atoms with Gasteiger partial charge >= 0.3 is 12.3 Å². The van der Waals surface area contributed by atoms with Gasteiger partial charge in [-0.05, 0) is 48.9 Å². The number of aryl methyl sites for hydroxylation is 1. The largest absolute Gasteiger partial charge is 0.470 e. The lowest BCUT2D eigenvalue weighted by atomic mass is 10.1. The Morgan fingerprint density at radius 1 is 1.11 bits per heavy atom. The van der Waals surface area contributed by atoms with Crippen LogP contribution in [0.25, 0.3) is 5.82 Å². The first-order chi connectivity index (χ1) is 20.8. The number of nitrogens with one attached hydrogen (secondary N) is 2. The number of amides is 3. The van der Waals surface area contributed by atoms with E-state index in [9.17, 15) is 27.6 Å². The molecule has 14 nitrogen and oxygen atoms in total. The number of nitrogens with zero attached hydrogens (tertiary/aromatic N) is 6. The summed E-state index contributed by atoms with van der Waals surface area (Å²) in [6.45, 7) is 1.27. The molecule has 1 aromatic carbocycles. The topological polar surface area (TPSA) is 179 Å². The maximum absolute atomic E-state index is 13.7. The summed E-state index contributed by atoms with van der Waals surface area (Å²) in [5, 5.41) is 14.5. The molecule has 0 radical (unpaired) electrons. The molecule has 0 bridgehead atoms.